The molecule has 0 amide bonds. The monoisotopic (exact) mass is 226 g/mol. The molecule has 1 aromatic heterocycles. The van der Waals surface area contributed by atoms with Crippen molar-refractivity contribution in [1.82, 2.24) is 9.88 Å². The van der Waals surface area contributed by atoms with Crippen molar-refractivity contribution < 1.29 is 0 Å². The number of amidine groups is 1. The van der Waals surface area contributed by atoms with Crippen LogP contribution in [0.15, 0.2) is 10.9 Å². The maximum Gasteiger partial charge on any atom is 0.0921 e. The van der Waals surface area contributed by atoms with Gasteiger partial charge in [0.25, 0.3) is 0 Å². The van der Waals surface area contributed by atoms with Crippen molar-refractivity contribution >= 4 is 17.2 Å². The predicted octanol–water partition coefficient (Wildman–Crippen LogP) is 1.68. The van der Waals surface area contributed by atoms with Gasteiger partial charge in [-0.15, -0.1) is 11.3 Å². The van der Waals surface area contributed by atoms with Gasteiger partial charge in [0.1, 0.15) is 0 Å². The van der Waals surface area contributed by atoms with Crippen molar-refractivity contribution in [2.75, 3.05) is 7.05 Å². The van der Waals surface area contributed by atoms with Gasteiger partial charge in [-0.3, -0.25) is 10.3 Å². The molecule has 5 heteroatoms. The second kappa shape index (κ2) is 5.82. The second-order valence-electron chi connectivity index (χ2n) is 3.69. The summed E-state index contributed by atoms with van der Waals surface area (Å²) in [4.78, 5) is 6.45. The molecule has 1 rings (SSSR count). The lowest BCUT2D eigenvalue weighted by atomic mass is 10.1. The van der Waals surface area contributed by atoms with Crippen molar-refractivity contribution in [1.29, 1.82) is 5.41 Å². The first-order valence-corrected chi connectivity index (χ1v) is 5.98. The molecular weight excluding hydrogens is 208 g/mol. The zero-order valence-corrected chi connectivity index (χ0v) is 10.0. The Morgan fingerprint density at radius 1 is 1.73 bits per heavy atom. The largest absolute Gasteiger partial charge is 0.388 e. The van der Waals surface area contributed by atoms with Crippen LogP contribution in [0.5, 0.6) is 0 Å². The minimum Gasteiger partial charge on any atom is -0.388 e. The van der Waals surface area contributed by atoms with Crippen LogP contribution in [0.3, 0.4) is 0 Å². The topological polar surface area (TPSA) is 66.0 Å². The molecule has 1 unspecified atom stereocenters. The average molecular weight is 226 g/mol. The highest BCUT2D eigenvalue weighted by molar-refractivity contribution is 7.07. The Hall–Kier alpha value is -0.940. The number of rotatable bonds is 6. The smallest absolute Gasteiger partial charge is 0.0921 e. The first-order valence-electron chi connectivity index (χ1n) is 5.03. The van der Waals surface area contributed by atoms with Gasteiger partial charge in [0.15, 0.2) is 0 Å². The number of hydrogen-bond donors (Lipinski definition) is 2. The van der Waals surface area contributed by atoms with E-state index in [4.69, 9.17) is 11.1 Å². The van der Waals surface area contributed by atoms with Crippen LogP contribution in [0, 0.1) is 5.41 Å². The van der Waals surface area contributed by atoms with Gasteiger partial charge in [0.2, 0.25) is 0 Å². The molecule has 15 heavy (non-hydrogen) atoms. The molecule has 0 saturated heterocycles. The van der Waals surface area contributed by atoms with Crippen molar-refractivity contribution in [2.24, 2.45) is 5.73 Å². The first kappa shape index (κ1) is 12.1. The maximum absolute atomic E-state index is 7.31. The molecule has 0 aliphatic heterocycles. The van der Waals surface area contributed by atoms with Gasteiger partial charge in [-0.2, -0.15) is 0 Å². The normalized spacial score (nSPS) is 13.0. The van der Waals surface area contributed by atoms with Crippen LogP contribution in [-0.4, -0.2) is 28.8 Å². The standard InChI is InChI=1S/C10H18N4S/c1-3-9(4-10(11)12)14(2)5-8-6-15-7-13-8/h6-7,9H,3-5H2,1-2H3,(H3,11,12). The van der Waals surface area contributed by atoms with Gasteiger partial charge < -0.3 is 5.73 Å². The third-order valence-electron chi connectivity index (χ3n) is 2.44. The molecule has 0 fully saturated rings. The molecule has 1 aromatic rings. The van der Waals surface area contributed by atoms with Crippen LogP contribution in [0.1, 0.15) is 25.5 Å². The lowest BCUT2D eigenvalue weighted by Gasteiger charge is -2.25. The zero-order valence-electron chi connectivity index (χ0n) is 9.23. The Labute approximate surface area is 94.6 Å². The van der Waals surface area contributed by atoms with E-state index in [2.05, 4.69) is 29.2 Å². The molecule has 0 bridgehead atoms. The van der Waals surface area contributed by atoms with E-state index in [9.17, 15) is 0 Å². The summed E-state index contributed by atoms with van der Waals surface area (Å²) in [5.74, 6) is 0.256. The van der Waals surface area contributed by atoms with E-state index in [-0.39, 0.29) is 5.84 Å². The minimum atomic E-state index is 0.256. The number of nitrogens with one attached hydrogen (secondary N) is 1. The van der Waals surface area contributed by atoms with Gasteiger partial charge in [-0.1, -0.05) is 6.92 Å². The van der Waals surface area contributed by atoms with Crippen LogP contribution in [0.4, 0.5) is 0 Å². The molecule has 1 heterocycles. The van der Waals surface area contributed by atoms with Gasteiger partial charge in [-0.05, 0) is 13.5 Å². The molecule has 4 nitrogen and oxygen atoms in total. The summed E-state index contributed by atoms with van der Waals surface area (Å²) in [7, 11) is 2.05. The van der Waals surface area contributed by atoms with Crippen LogP contribution >= 0.6 is 11.3 Å². The van der Waals surface area contributed by atoms with Crippen molar-refractivity contribution in [3.63, 3.8) is 0 Å². The summed E-state index contributed by atoms with van der Waals surface area (Å²) in [5.41, 5.74) is 8.35. The maximum atomic E-state index is 7.31. The Bertz CT molecular complexity index is 296. The Morgan fingerprint density at radius 2 is 2.47 bits per heavy atom. The summed E-state index contributed by atoms with van der Waals surface area (Å²) in [5, 5.41) is 9.36. The summed E-state index contributed by atoms with van der Waals surface area (Å²) in [6.45, 7) is 2.94. The molecule has 3 N–H and O–H groups in total. The van der Waals surface area contributed by atoms with E-state index < -0.39 is 0 Å². The zero-order chi connectivity index (χ0) is 11.3. The second-order valence-corrected chi connectivity index (χ2v) is 4.41. The third kappa shape index (κ3) is 3.97. The Morgan fingerprint density at radius 3 is 2.93 bits per heavy atom. The fraction of sp³-hybridized carbons (Fsp3) is 0.600. The molecule has 0 aromatic carbocycles. The minimum absolute atomic E-state index is 0.256. The summed E-state index contributed by atoms with van der Waals surface area (Å²) in [6, 6.07) is 0.337. The predicted molar refractivity (Wildman–Crippen MR) is 64.2 cm³/mol. The molecule has 0 aliphatic rings. The van der Waals surface area contributed by atoms with E-state index >= 15 is 0 Å². The van der Waals surface area contributed by atoms with Crippen molar-refractivity contribution in [3.8, 4) is 0 Å². The van der Waals surface area contributed by atoms with E-state index in [0.717, 1.165) is 18.7 Å². The molecule has 0 aliphatic carbocycles. The summed E-state index contributed by atoms with van der Waals surface area (Å²) >= 11 is 1.61. The molecule has 0 saturated carbocycles. The molecule has 84 valence electrons. The fourth-order valence-electron chi connectivity index (χ4n) is 1.57. The molecule has 1 atom stereocenters. The lowest BCUT2D eigenvalue weighted by Crippen LogP contribution is -2.34. The summed E-state index contributed by atoms with van der Waals surface area (Å²) in [6.07, 6.45) is 1.64. The quantitative estimate of drug-likeness (QED) is 0.573. The van der Waals surface area contributed by atoms with E-state index in [1.165, 1.54) is 0 Å². The van der Waals surface area contributed by atoms with Gasteiger partial charge in [-0.25, -0.2) is 4.98 Å². The van der Waals surface area contributed by atoms with E-state index in [1.54, 1.807) is 11.3 Å². The van der Waals surface area contributed by atoms with Crippen molar-refractivity contribution in [3.05, 3.63) is 16.6 Å². The van der Waals surface area contributed by atoms with Crippen molar-refractivity contribution in [2.45, 2.75) is 32.4 Å². The third-order valence-corrected chi connectivity index (χ3v) is 3.08. The SMILES string of the molecule is CCC(CC(=N)N)N(C)Cc1cscn1. The molecule has 0 radical (unpaired) electrons. The molecule has 0 spiro atoms. The number of nitrogens with zero attached hydrogens (tertiary/aromatic N) is 2. The average Bonchev–Trinajstić information content (AvgIpc) is 2.66. The van der Waals surface area contributed by atoms with Gasteiger partial charge in [0, 0.05) is 24.4 Å². The van der Waals surface area contributed by atoms with Gasteiger partial charge >= 0.3 is 0 Å². The highest BCUT2D eigenvalue weighted by Gasteiger charge is 2.14. The van der Waals surface area contributed by atoms with Crippen LogP contribution in [-0.2, 0) is 6.54 Å². The van der Waals surface area contributed by atoms with E-state index in [1.807, 2.05) is 5.51 Å². The highest BCUT2D eigenvalue weighted by Crippen LogP contribution is 2.11. The molecular formula is C10H18N4S. The highest BCUT2D eigenvalue weighted by atomic mass is 32.1. The van der Waals surface area contributed by atoms with E-state index in [0.29, 0.717) is 12.5 Å². The number of aromatic nitrogens is 1. The van der Waals surface area contributed by atoms with Crippen LogP contribution in [0.25, 0.3) is 0 Å². The fourth-order valence-corrected chi connectivity index (χ4v) is 2.12. The lowest BCUT2D eigenvalue weighted by molar-refractivity contribution is 0.230. The van der Waals surface area contributed by atoms with Gasteiger partial charge in [0.05, 0.1) is 17.0 Å². The number of thiazole rings is 1. The Balaban J connectivity index is 2.49. The van der Waals surface area contributed by atoms with Crippen LogP contribution < -0.4 is 5.73 Å². The van der Waals surface area contributed by atoms with Crippen LogP contribution in [0.2, 0.25) is 0 Å². The number of nitrogens with two attached hydrogens (primary N) is 1. The Kier molecular flexibility index (Phi) is 4.71. The summed E-state index contributed by atoms with van der Waals surface area (Å²) < 4.78 is 0. The first-order chi connectivity index (χ1) is 7.13. The number of hydrogen-bond acceptors (Lipinski definition) is 4.